The number of thiophene rings is 1. The summed E-state index contributed by atoms with van der Waals surface area (Å²) in [7, 11) is 0. The summed E-state index contributed by atoms with van der Waals surface area (Å²) in [4.78, 5) is 25.2. The number of rotatable bonds is 5. The van der Waals surface area contributed by atoms with E-state index in [0.29, 0.717) is 15.6 Å². The molecule has 0 unspecified atom stereocenters. The van der Waals surface area contributed by atoms with Crippen LogP contribution in [-0.2, 0) is 0 Å². The first-order valence-corrected chi connectivity index (χ1v) is 9.30. The van der Waals surface area contributed by atoms with Crippen molar-refractivity contribution in [3.63, 3.8) is 0 Å². The Morgan fingerprint density at radius 2 is 2.04 bits per heavy atom. The Morgan fingerprint density at radius 3 is 2.72 bits per heavy atom. The highest BCUT2D eigenvalue weighted by atomic mass is 35.5. The zero-order valence-electron chi connectivity index (χ0n) is 14.3. The summed E-state index contributed by atoms with van der Waals surface area (Å²) in [6, 6.07) is 7.12. The first-order chi connectivity index (χ1) is 12.0. The highest BCUT2D eigenvalue weighted by Gasteiger charge is 2.21. The Labute approximate surface area is 155 Å². The number of anilines is 2. The van der Waals surface area contributed by atoms with E-state index in [2.05, 4.69) is 34.0 Å². The summed E-state index contributed by atoms with van der Waals surface area (Å²) in [6.45, 7) is 7.82. The van der Waals surface area contributed by atoms with Gasteiger partial charge in [0.15, 0.2) is 0 Å². The van der Waals surface area contributed by atoms with Crippen LogP contribution in [0.2, 0.25) is 5.02 Å². The van der Waals surface area contributed by atoms with E-state index in [-0.39, 0.29) is 5.91 Å². The van der Waals surface area contributed by atoms with Gasteiger partial charge in [-0.05, 0) is 44.5 Å². The van der Waals surface area contributed by atoms with Crippen molar-refractivity contribution in [2.75, 3.05) is 23.3 Å². The van der Waals surface area contributed by atoms with Crippen molar-refractivity contribution in [3.05, 3.63) is 46.1 Å². The Morgan fingerprint density at radius 1 is 1.28 bits per heavy atom. The molecule has 2 heterocycles. The zero-order chi connectivity index (χ0) is 18.0. The number of hydrogen-bond donors (Lipinski definition) is 1. The van der Waals surface area contributed by atoms with Gasteiger partial charge in [-0.15, -0.1) is 11.3 Å². The third-order valence-electron chi connectivity index (χ3n) is 4.06. The molecule has 1 N–H and O–H groups in total. The van der Waals surface area contributed by atoms with Crippen LogP contribution in [0.25, 0.3) is 10.2 Å². The quantitative estimate of drug-likeness (QED) is 0.700. The maximum Gasteiger partial charge on any atom is 0.266 e. The normalized spacial score (nSPS) is 10.9. The van der Waals surface area contributed by atoms with Gasteiger partial charge in [-0.25, -0.2) is 9.97 Å². The second kappa shape index (κ2) is 7.37. The molecule has 0 aliphatic carbocycles. The fourth-order valence-corrected chi connectivity index (χ4v) is 4.02. The van der Waals surface area contributed by atoms with Crippen LogP contribution < -0.4 is 10.2 Å². The molecule has 5 nitrogen and oxygen atoms in total. The fraction of sp³-hybridized carbons (Fsp3) is 0.278. The lowest BCUT2D eigenvalue weighted by atomic mass is 10.2. The number of carbonyl (C=O) groups is 1. The largest absolute Gasteiger partial charge is 0.357 e. The van der Waals surface area contributed by atoms with Crippen LogP contribution in [0.5, 0.6) is 0 Å². The molecule has 0 aliphatic rings. The summed E-state index contributed by atoms with van der Waals surface area (Å²) in [5, 5.41) is 4.44. The molecule has 0 spiro atoms. The van der Waals surface area contributed by atoms with Crippen molar-refractivity contribution in [1.82, 2.24) is 9.97 Å². The van der Waals surface area contributed by atoms with Gasteiger partial charge in [-0.1, -0.05) is 17.7 Å². The van der Waals surface area contributed by atoms with E-state index in [9.17, 15) is 4.79 Å². The van der Waals surface area contributed by atoms with Crippen LogP contribution in [0.4, 0.5) is 11.5 Å². The highest BCUT2D eigenvalue weighted by Crippen LogP contribution is 2.35. The number of hydrogen-bond acceptors (Lipinski definition) is 5. The molecule has 3 aromatic rings. The third kappa shape index (κ3) is 3.45. The molecule has 0 bridgehead atoms. The summed E-state index contributed by atoms with van der Waals surface area (Å²) in [6.07, 6.45) is 1.56. The molecular formula is C18H19ClN4OS. The molecule has 0 fully saturated rings. The number of nitrogens with one attached hydrogen (secondary N) is 1. The van der Waals surface area contributed by atoms with Crippen LogP contribution >= 0.6 is 22.9 Å². The summed E-state index contributed by atoms with van der Waals surface area (Å²) >= 11 is 7.37. The van der Waals surface area contributed by atoms with E-state index in [4.69, 9.17) is 11.6 Å². The molecule has 0 saturated heterocycles. The van der Waals surface area contributed by atoms with Gasteiger partial charge in [0, 0.05) is 23.8 Å². The summed E-state index contributed by atoms with van der Waals surface area (Å²) in [5.74, 6) is 0.721. The van der Waals surface area contributed by atoms with Crippen LogP contribution in [0.15, 0.2) is 30.6 Å². The lowest BCUT2D eigenvalue weighted by molar-refractivity contribution is 0.103. The zero-order valence-corrected chi connectivity index (χ0v) is 15.9. The molecule has 0 atom stereocenters. The molecule has 7 heteroatoms. The maximum absolute atomic E-state index is 12.7. The van der Waals surface area contributed by atoms with Crippen molar-refractivity contribution in [1.29, 1.82) is 0 Å². The number of aromatic nitrogens is 2. The highest BCUT2D eigenvalue weighted by molar-refractivity contribution is 7.20. The van der Waals surface area contributed by atoms with Gasteiger partial charge in [0.25, 0.3) is 5.91 Å². The Balaban J connectivity index is 2.01. The molecule has 0 radical (unpaired) electrons. The van der Waals surface area contributed by atoms with Crippen molar-refractivity contribution in [3.8, 4) is 0 Å². The molecule has 0 aliphatic heterocycles. The first kappa shape index (κ1) is 17.6. The number of fused-ring (bicyclic) bond motifs is 1. The second-order valence-corrected chi connectivity index (χ2v) is 7.01. The van der Waals surface area contributed by atoms with Crippen molar-refractivity contribution in [2.24, 2.45) is 0 Å². The number of benzene rings is 1. The number of halogens is 1. The third-order valence-corrected chi connectivity index (χ3v) is 5.49. The Hall–Kier alpha value is -2.18. The molecule has 0 saturated carbocycles. The van der Waals surface area contributed by atoms with Gasteiger partial charge in [-0.2, -0.15) is 0 Å². The molecule has 1 amide bonds. The monoisotopic (exact) mass is 374 g/mol. The van der Waals surface area contributed by atoms with Crippen molar-refractivity contribution < 1.29 is 4.79 Å². The molecule has 3 rings (SSSR count). The Kier molecular flexibility index (Phi) is 5.20. The fourth-order valence-electron chi connectivity index (χ4n) is 2.79. The van der Waals surface area contributed by atoms with Gasteiger partial charge in [0.2, 0.25) is 0 Å². The minimum absolute atomic E-state index is 0.159. The van der Waals surface area contributed by atoms with Crippen LogP contribution in [0.1, 0.15) is 29.1 Å². The second-order valence-electron chi connectivity index (χ2n) is 5.57. The van der Waals surface area contributed by atoms with Crippen molar-refractivity contribution in [2.45, 2.75) is 20.8 Å². The average Bonchev–Trinajstić information content (AvgIpc) is 2.94. The van der Waals surface area contributed by atoms with Gasteiger partial charge in [0.05, 0.1) is 10.3 Å². The van der Waals surface area contributed by atoms with E-state index < -0.39 is 0 Å². The van der Waals surface area contributed by atoms with Gasteiger partial charge < -0.3 is 10.2 Å². The van der Waals surface area contributed by atoms with Crippen LogP contribution in [0.3, 0.4) is 0 Å². The average molecular weight is 375 g/mol. The number of nitrogens with zero attached hydrogens (tertiary/aromatic N) is 3. The minimum atomic E-state index is -0.159. The topological polar surface area (TPSA) is 58.1 Å². The summed E-state index contributed by atoms with van der Waals surface area (Å²) in [5.41, 5.74) is 1.58. The van der Waals surface area contributed by atoms with Crippen molar-refractivity contribution >= 4 is 50.6 Å². The van der Waals surface area contributed by atoms with E-state index >= 15 is 0 Å². The standard InChI is InChI=1S/C18H19ClN4OS/c1-4-23(5-2)16-14-11(3)15(25-18(14)21-10-20-16)17(24)22-13-8-6-7-12(19)9-13/h6-10H,4-5H2,1-3H3,(H,22,24). The van der Waals surface area contributed by atoms with Gasteiger partial charge >= 0.3 is 0 Å². The number of aryl methyl sites for hydroxylation is 1. The van der Waals surface area contributed by atoms with E-state index in [1.807, 2.05) is 13.0 Å². The molecule has 1 aromatic carbocycles. The van der Waals surface area contributed by atoms with Crippen LogP contribution in [0, 0.1) is 6.92 Å². The predicted octanol–water partition coefficient (Wildman–Crippen LogP) is 4.75. The van der Waals surface area contributed by atoms with E-state index in [0.717, 1.165) is 34.7 Å². The molecule has 130 valence electrons. The maximum atomic E-state index is 12.7. The lowest BCUT2D eigenvalue weighted by Gasteiger charge is -2.20. The predicted molar refractivity (Wildman–Crippen MR) is 105 cm³/mol. The number of amides is 1. The smallest absolute Gasteiger partial charge is 0.266 e. The SMILES string of the molecule is CCN(CC)c1ncnc2sc(C(=O)Nc3cccc(Cl)c3)c(C)c12. The molecule has 25 heavy (non-hydrogen) atoms. The van der Waals surface area contributed by atoms with Gasteiger partial charge in [0.1, 0.15) is 17.0 Å². The first-order valence-electron chi connectivity index (χ1n) is 8.11. The summed E-state index contributed by atoms with van der Waals surface area (Å²) < 4.78 is 0. The van der Waals surface area contributed by atoms with E-state index in [1.54, 1.807) is 24.5 Å². The van der Waals surface area contributed by atoms with Gasteiger partial charge in [-0.3, -0.25) is 4.79 Å². The minimum Gasteiger partial charge on any atom is -0.357 e. The molecular weight excluding hydrogens is 356 g/mol. The number of carbonyl (C=O) groups excluding carboxylic acids is 1. The molecule has 2 aromatic heterocycles. The van der Waals surface area contributed by atoms with E-state index in [1.165, 1.54) is 11.3 Å². The lowest BCUT2D eigenvalue weighted by Crippen LogP contribution is -2.23. The van der Waals surface area contributed by atoms with Crippen LogP contribution in [-0.4, -0.2) is 29.0 Å². The Bertz CT molecular complexity index is 921.